The number of Topliss-reactive ketones (excluding diaryl/α,β-unsaturated/α-hetero) is 1. The van der Waals surface area contributed by atoms with Gasteiger partial charge in [-0.1, -0.05) is 27.7 Å². The average Bonchev–Trinajstić information content (AvgIpc) is 2.71. The van der Waals surface area contributed by atoms with Crippen LogP contribution in [0.5, 0.6) is 0 Å². The number of carbonyl (C=O) groups excluding carboxylic acids is 1. The summed E-state index contributed by atoms with van der Waals surface area (Å²) in [6.07, 6.45) is 1.88. The van der Waals surface area contributed by atoms with Crippen LogP contribution in [0.4, 0.5) is 0 Å². The Morgan fingerprint density at radius 3 is 2.38 bits per heavy atom. The lowest BCUT2D eigenvalue weighted by Gasteiger charge is -2.66. The van der Waals surface area contributed by atoms with E-state index < -0.39 is 29.1 Å². The third kappa shape index (κ3) is 1.68. The minimum absolute atomic E-state index is 0.000749. The van der Waals surface area contributed by atoms with Crippen molar-refractivity contribution in [3.05, 3.63) is 0 Å². The highest BCUT2D eigenvalue weighted by atomic mass is 16.3. The Morgan fingerprint density at radius 1 is 1.04 bits per heavy atom. The summed E-state index contributed by atoms with van der Waals surface area (Å²) in [6, 6.07) is 0. The van der Waals surface area contributed by atoms with Gasteiger partial charge in [0.1, 0.15) is 5.78 Å². The van der Waals surface area contributed by atoms with E-state index in [4.69, 9.17) is 0 Å². The first-order valence-electron chi connectivity index (χ1n) is 9.67. The number of carbonyl (C=O) groups is 1. The summed E-state index contributed by atoms with van der Waals surface area (Å²) < 4.78 is 0. The van der Waals surface area contributed by atoms with Crippen molar-refractivity contribution in [1.29, 1.82) is 0 Å². The minimum Gasteiger partial charge on any atom is -0.393 e. The highest BCUT2D eigenvalue weighted by Gasteiger charge is 2.73. The highest BCUT2D eigenvalue weighted by molar-refractivity contribution is 5.91. The van der Waals surface area contributed by atoms with Crippen LogP contribution in [0.2, 0.25) is 0 Å². The van der Waals surface area contributed by atoms with Crippen molar-refractivity contribution in [2.45, 2.75) is 78.1 Å². The van der Waals surface area contributed by atoms with Gasteiger partial charge < -0.3 is 15.3 Å². The highest BCUT2D eigenvalue weighted by Crippen LogP contribution is 2.71. The zero-order valence-electron chi connectivity index (χ0n) is 15.3. The molecule has 4 heteroatoms. The number of aliphatic hydroxyl groups excluding tert-OH is 3. The van der Waals surface area contributed by atoms with E-state index in [2.05, 4.69) is 6.92 Å². The molecular weight excluding hydrogens is 304 g/mol. The summed E-state index contributed by atoms with van der Waals surface area (Å²) in [5.74, 6) is 0.482. The quantitative estimate of drug-likeness (QED) is 0.633. The topological polar surface area (TPSA) is 77.8 Å². The van der Waals surface area contributed by atoms with Crippen LogP contribution in [0.3, 0.4) is 0 Å². The fraction of sp³-hybridized carbons (Fsp3) is 0.950. The Bertz CT molecular complexity index is 572. The Balaban J connectivity index is 1.87. The van der Waals surface area contributed by atoms with Gasteiger partial charge in [-0.3, -0.25) is 4.79 Å². The minimum atomic E-state index is -0.995. The fourth-order valence-electron chi connectivity index (χ4n) is 7.78. The average molecular weight is 336 g/mol. The molecule has 0 saturated heterocycles. The molecule has 4 fully saturated rings. The molecule has 4 aliphatic carbocycles. The van der Waals surface area contributed by atoms with Crippen LogP contribution in [-0.2, 0) is 4.79 Å². The Hall–Kier alpha value is -0.450. The SMILES string of the molecule is C[C@H]1C(=O)[C@]23C[C@H]1CC[C@H]2[C@]1(C)CC[C@@H](O)C(C)(C)[C@H]1[C@H](O)[C@H]3O. The van der Waals surface area contributed by atoms with Crippen molar-refractivity contribution in [3.63, 3.8) is 0 Å². The van der Waals surface area contributed by atoms with Crippen LogP contribution in [0, 0.1) is 39.9 Å². The molecule has 136 valence electrons. The number of ketones is 1. The van der Waals surface area contributed by atoms with Crippen molar-refractivity contribution in [2.75, 3.05) is 0 Å². The molecular formula is C20H32O4. The van der Waals surface area contributed by atoms with Crippen LogP contribution in [-0.4, -0.2) is 39.4 Å². The molecule has 0 aromatic carbocycles. The van der Waals surface area contributed by atoms with Gasteiger partial charge in [-0.05, 0) is 54.8 Å². The molecule has 4 saturated carbocycles. The molecule has 4 nitrogen and oxygen atoms in total. The van der Waals surface area contributed by atoms with Gasteiger partial charge in [-0.25, -0.2) is 0 Å². The fourth-order valence-corrected chi connectivity index (χ4v) is 7.78. The molecule has 0 aliphatic heterocycles. The Kier molecular flexibility index (Phi) is 3.42. The van der Waals surface area contributed by atoms with E-state index in [1.807, 2.05) is 20.8 Å². The van der Waals surface area contributed by atoms with Gasteiger partial charge in [-0.2, -0.15) is 0 Å². The number of hydrogen-bond acceptors (Lipinski definition) is 4. The van der Waals surface area contributed by atoms with Crippen LogP contribution < -0.4 is 0 Å². The Labute approximate surface area is 144 Å². The molecule has 24 heavy (non-hydrogen) atoms. The zero-order chi connectivity index (χ0) is 17.7. The summed E-state index contributed by atoms with van der Waals surface area (Å²) in [6.45, 7) is 8.24. The van der Waals surface area contributed by atoms with Gasteiger partial charge in [0.2, 0.25) is 0 Å². The largest absolute Gasteiger partial charge is 0.393 e. The molecule has 1 spiro atoms. The lowest BCUT2D eigenvalue weighted by atomic mass is 9.39. The standard InChI is InChI=1S/C20H32O4/c1-10-11-5-6-12-19(4)8-7-13(21)18(2,3)15(19)14(22)17(24)20(12,9-11)16(10)23/h10-15,17,21-22,24H,5-9H2,1-4H3/t10-,11-,12+,13-,14+,15-,17-,19+,20+/m1/s1. The van der Waals surface area contributed by atoms with Crippen molar-refractivity contribution in [2.24, 2.45) is 39.9 Å². The third-order valence-electron chi connectivity index (χ3n) is 8.94. The summed E-state index contributed by atoms with van der Waals surface area (Å²) in [4.78, 5) is 13.2. The molecule has 4 rings (SSSR count). The molecule has 0 aromatic heterocycles. The van der Waals surface area contributed by atoms with E-state index >= 15 is 0 Å². The van der Waals surface area contributed by atoms with E-state index in [1.165, 1.54) is 0 Å². The second kappa shape index (κ2) is 4.83. The second-order valence-electron chi connectivity index (χ2n) is 10.1. The third-order valence-corrected chi connectivity index (χ3v) is 8.94. The van der Waals surface area contributed by atoms with E-state index in [-0.39, 0.29) is 29.0 Å². The van der Waals surface area contributed by atoms with Crippen molar-refractivity contribution >= 4 is 5.78 Å². The molecule has 9 atom stereocenters. The van der Waals surface area contributed by atoms with E-state index in [1.54, 1.807) is 0 Å². The molecule has 0 amide bonds. The number of rotatable bonds is 0. The van der Waals surface area contributed by atoms with Gasteiger partial charge in [0.05, 0.1) is 23.7 Å². The first-order chi connectivity index (χ1) is 11.1. The predicted octanol–water partition coefficient (Wildman–Crippen LogP) is 2.15. The van der Waals surface area contributed by atoms with Gasteiger partial charge in [-0.15, -0.1) is 0 Å². The molecule has 0 aromatic rings. The number of aliphatic hydroxyl groups is 3. The van der Waals surface area contributed by atoms with Crippen LogP contribution >= 0.6 is 0 Å². The summed E-state index contributed by atoms with van der Waals surface area (Å²) in [5, 5.41) is 32.8. The maximum Gasteiger partial charge on any atom is 0.145 e. The maximum absolute atomic E-state index is 13.2. The molecule has 0 heterocycles. The maximum atomic E-state index is 13.2. The summed E-state index contributed by atoms with van der Waals surface area (Å²) in [5.41, 5.74) is -1.42. The monoisotopic (exact) mass is 336 g/mol. The first-order valence-corrected chi connectivity index (χ1v) is 9.67. The lowest BCUT2D eigenvalue weighted by Crippen LogP contribution is -2.70. The van der Waals surface area contributed by atoms with Crippen molar-refractivity contribution in [3.8, 4) is 0 Å². The van der Waals surface area contributed by atoms with Crippen LogP contribution in [0.25, 0.3) is 0 Å². The van der Waals surface area contributed by atoms with Crippen LogP contribution in [0.1, 0.15) is 59.8 Å². The zero-order valence-corrected chi connectivity index (χ0v) is 15.3. The van der Waals surface area contributed by atoms with E-state index in [0.29, 0.717) is 12.3 Å². The van der Waals surface area contributed by atoms with Crippen molar-refractivity contribution < 1.29 is 20.1 Å². The van der Waals surface area contributed by atoms with Crippen molar-refractivity contribution in [1.82, 2.24) is 0 Å². The second-order valence-corrected chi connectivity index (χ2v) is 10.1. The summed E-state index contributed by atoms with van der Waals surface area (Å²) >= 11 is 0. The smallest absolute Gasteiger partial charge is 0.145 e. The van der Waals surface area contributed by atoms with Gasteiger partial charge in [0.15, 0.2) is 0 Å². The molecule has 0 radical (unpaired) electrons. The van der Waals surface area contributed by atoms with E-state index in [0.717, 1.165) is 25.7 Å². The molecule has 3 N–H and O–H groups in total. The molecule has 4 aliphatic rings. The molecule has 0 unspecified atom stereocenters. The van der Waals surface area contributed by atoms with Gasteiger partial charge >= 0.3 is 0 Å². The number of hydrogen-bond donors (Lipinski definition) is 3. The normalized spacial score (nSPS) is 59.0. The first kappa shape index (κ1) is 17.0. The summed E-state index contributed by atoms with van der Waals surface area (Å²) in [7, 11) is 0. The van der Waals surface area contributed by atoms with Crippen LogP contribution in [0.15, 0.2) is 0 Å². The predicted molar refractivity (Wildman–Crippen MR) is 90.1 cm³/mol. The number of fused-ring (bicyclic) bond motifs is 3. The van der Waals surface area contributed by atoms with Gasteiger partial charge in [0.25, 0.3) is 0 Å². The van der Waals surface area contributed by atoms with Gasteiger partial charge in [0, 0.05) is 11.8 Å². The lowest BCUT2D eigenvalue weighted by molar-refractivity contribution is -0.261. The molecule has 2 bridgehead atoms. The Morgan fingerprint density at radius 2 is 1.71 bits per heavy atom. The van der Waals surface area contributed by atoms with E-state index in [9.17, 15) is 20.1 Å².